The van der Waals surface area contributed by atoms with Gasteiger partial charge in [-0.15, -0.1) is 0 Å². The van der Waals surface area contributed by atoms with Crippen LogP contribution in [0.25, 0.3) is 0 Å². The van der Waals surface area contributed by atoms with Gasteiger partial charge in [0.25, 0.3) is 0 Å². The molecule has 0 atom stereocenters. The number of hydrogen-bond acceptors (Lipinski definition) is 2. The summed E-state index contributed by atoms with van der Waals surface area (Å²) in [6.45, 7) is 7.58. The summed E-state index contributed by atoms with van der Waals surface area (Å²) >= 11 is 0. The van der Waals surface area contributed by atoms with Crippen LogP contribution in [0.4, 0.5) is 0 Å². The predicted octanol–water partition coefficient (Wildman–Crippen LogP) is 3.49. The molecule has 0 aromatic heterocycles. The molecule has 0 fully saturated rings. The Kier molecular flexibility index (Phi) is 10.0. The average Bonchev–Trinajstić information content (AvgIpc) is 2.27. The Bertz CT molecular complexity index is 146. The normalized spacial score (nSPS) is 12.0. The highest BCUT2D eigenvalue weighted by molar-refractivity contribution is 4.75. The fourth-order valence-electron chi connectivity index (χ4n) is 1.74. The number of rotatable bonds is 11. The molecule has 98 valence electrons. The number of hydrogen-bond donors (Lipinski definition) is 2. The van der Waals surface area contributed by atoms with Crippen LogP contribution in [0.15, 0.2) is 0 Å². The lowest BCUT2D eigenvalue weighted by molar-refractivity contribution is 0.188. The second-order valence-electron chi connectivity index (χ2n) is 5.44. The van der Waals surface area contributed by atoms with Gasteiger partial charge in [-0.2, -0.15) is 0 Å². The summed E-state index contributed by atoms with van der Waals surface area (Å²) in [5.74, 6) is 0. The molecule has 0 spiro atoms. The van der Waals surface area contributed by atoms with Gasteiger partial charge in [0.2, 0.25) is 0 Å². The van der Waals surface area contributed by atoms with E-state index in [1.807, 2.05) is 13.8 Å². The molecule has 0 aromatic carbocycles. The van der Waals surface area contributed by atoms with Gasteiger partial charge in [-0.1, -0.05) is 51.9 Å². The van der Waals surface area contributed by atoms with Crippen LogP contribution in [0.1, 0.15) is 72.1 Å². The first-order valence-electron chi connectivity index (χ1n) is 6.98. The zero-order chi connectivity index (χ0) is 12.3. The van der Waals surface area contributed by atoms with Gasteiger partial charge in [0, 0.05) is 5.54 Å². The quantitative estimate of drug-likeness (QED) is 0.532. The number of unbranched alkanes of at least 4 members (excludes halogenated alkanes) is 7. The van der Waals surface area contributed by atoms with E-state index < -0.39 is 0 Å². The zero-order valence-corrected chi connectivity index (χ0v) is 11.5. The predicted molar refractivity (Wildman–Crippen MR) is 71.8 cm³/mol. The van der Waals surface area contributed by atoms with Gasteiger partial charge in [-0.05, 0) is 26.8 Å². The van der Waals surface area contributed by atoms with Crippen LogP contribution in [0, 0.1) is 0 Å². The van der Waals surface area contributed by atoms with E-state index in [0.717, 1.165) is 6.54 Å². The highest BCUT2D eigenvalue weighted by atomic mass is 16.3. The molecule has 0 bridgehead atoms. The van der Waals surface area contributed by atoms with E-state index >= 15 is 0 Å². The standard InChI is InChI=1S/C14H31NO/c1-4-5-6-7-8-9-10-11-12-15-14(2,3)13-16/h15-16H,4-13H2,1-3H3. The molecule has 2 nitrogen and oxygen atoms in total. The summed E-state index contributed by atoms with van der Waals surface area (Å²) in [6, 6.07) is 0. The lowest BCUT2D eigenvalue weighted by atomic mass is 10.1. The van der Waals surface area contributed by atoms with Crippen molar-refractivity contribution >= 4 is 0 Å². The van der Waals surface area contributed by atoms with Gasteiger partial charge in [-0.3, -0.25) is 0 Å². The van der Waals surface area contributed by atoms with E-state index in [1.165, 1.54) is 51.4 Å². The number of nitrogens with one attached hydrogen (secondary N) is 1. The van der Waals surface area contributed by atoms with Crippen molar-refractivity contribution in [2.75, 3.05) is 13.2 Å². The molecule has 0 rings (SSSR count). The maximum atomic E-state index is 9.05. The minimum absolute atomic E-state index is 0.110. The van der Waals surface area contributed by atoms with Gasteiger partial charge in [0.1, 0.15) is 0 Å². The van der Waals surface area contributed by atoms with Crippen LogP contribution in [-0.4, -0.2) is 23.8 Å². The Morgan fingerprint density at radius 3 is 1.88 bits per heavy atom. The van der Waals surface area contributed by atoms with Gasteiger partial charge in [0.05, 0.1) is 6.61 Å². The van der Waals surface area contributed by atoms with Gasteiger partial charge in [-0.25, -0.2) is 0 Å². The van der Waals surface area contributed by atoms with Crippen molar-refractivity contribution < 1.29 is 5.11 Å². The second kappa shape index (κ2) is 10.1. The Labute approximate surface area is 102 Å². The van der Waals surface area contributed by atoms with Crippen molar-refractivity contribution in [3.05, 3.63) is 0 Å². The Hall–Kier alpha value is -0.0800. The lowest BCUT2D eigenvalue weighted by Gasteiger charge is -2.23. The Morgan fingerprint density at radius 1 is 0.875 bits per heavy atom. The average molecular weight is 229 g/mol. The lowest BCUT2D eigenvalue weighted by Crippen LogP contribution is -2.43. The molecule has 0 heterocycles. The van der Waals surface area contributed by atoms with Crippen LogP contribution >= 0.6 is 0 Å². The summed E-state index contributed by atoms with van der Waals surface area (Å²) in [7, 11) is 0. The van der Waals surface area contributed by atoms with Crippen molar-refractivity contribution in [1.82, 2.24) is 5.32 Å². The fraction of sp³-hybridized carbons (Fsp3) is 1.00. The molecule has 0 aliphatic carbocycles. The third-order valence-electron chi connectivity index (χ3n) is 3.03. The molecular weight excluding hydrogens is 198 g/mol. The molecule has 0 amide bonds. The topological polar surface area (TPSA) is 32.3 Å². The molecule has 2 N–H and O–H groups in total. The Morgan fingerprint density at radius 2 is 1.38 bits per heavy atom. The minimum atomic E-state index is -0.110. The summed E-state index contributed by atoms with van der Waals surface area (Å²) in [5.41, 5.74) is -0.110. The second-order valence-corrected chi connectivity index (χ2v) is 5.44. The zero-order valence-electron chi connectivity index (χ0n) is 11.5. The maximum Gasteiger partial charge on any atom is 0.0607 e. The van der Waals surface area contributed by atoms with Crippen LogP contribution < -0.4 is 5.32 Å². The highest BCUT2D eigenvalue weighted by Gasteiger charge is 2.13. The third kappa shape index (κ3) is 10.4. The van der Waals surface area contributed by atoms with Crippen LogP contribution in [0.5, 0.6) is 0 Å². The minimum Gasteiger partial charge on any atom is -0.394 e. The first-order chi connectivity index (χ1) is 7.62. The molecule has 2 heteroatoms. The molecule has 0 aromatic rings. The van der Waals surface area contributed by atoms with Gasteiger partial charge in [0.15, 0.2) is 0 Å². The summed E-state index contributed by atoms with van der Waals surface area (Å²) in [4.78, 5) is 0. The van der Waals surface area contributed by atoms with E-state index in [1.54, 1.807) is 0 Å². The molecule has 0 saturated carbocycles. The van der Waals surface area contributed by atoms with Crippen LogP contribution in [-0.2, 0) is 0 Å². The number of aliphatic hydroxyl groups is 1. The molecule has 0 aliphatic rings. The number of aliphatic hydroxyl groups excluding tert-OH is 1. The molecule has 16 heavy (non-hydrogen) atoms. The summed E-state index contributed by atoms with van der Waals surface area (Å²) in [6.07, 6.45) is 10.9. The molecule has 0 unspecified atom stereocenters. The van der Waals surface area contributed by atoms with Crippen LogP contribution in [0.3, 0.4) is 0 Å². The van der Waals surface area contributed by atoms with E-state index in [2.05, 4.69) is 12.2 Å². The smallest absolute Gasteiger partial charge is 0.0607 e. The third-order valence-corrected chi connectivity index (χ3v) is 3.03. The van der Waals surface area contributed by atoms with Crippen molar-refractivity contribution in [3.8, 4) is 0 Å². The molecular formula is C14H31NO. The fourth-order valence-corrected chi connectivity index (χ4v) is 1.74. The monoisotopic (exact) mass is 229 g/mol. The molecule has 0 saturated heterocycles. The van der Waals surface area contributed by atoms with Crippen molar-refractivity contribution in [1.29, 1.82) is 0 Å². The van der Waals surface area contributed by atoms with Gasteiger partial charge < -0.3 is 10.4 Å². The molecule has 0 radical (unpaired) electrons. The van der Waals surface area contributed by atoms with E-state index in [9.17, 15) is 0 Å². The summed E-state index contributed by atoms with van der Waals surface area (Å²) in [5, 5.41) is 12.4. The summed E-state index contributed by atoms with van der Waals surface area (Å²) < 4.78 is 0. The first kappa shape index (κ1) is 15.9. The van der Waals surface area contributed by atoms with Crippen molar-refractivity contribution in [3.63, 3.8) is 0 Å². The first-order valence-corrected chi connectivity index (χ1v) is 6.98. The van der Waals surface area contributed by atoms with E-state index in [-0.39, 0.29) is 12.1 Å². The highest BCUT2D eigenvalue weighted by Crippen LogP contribution is 2.08. The van der Waals surface area contributed by atoms with Gasteiger partial charge >= 0.3 is 0 Å². The maximum absolute atomic E-state index is 9.05. The van der Waals surface area contributed by atoms with Crippen molar-refractivity contribution in [2.45, 2.75) is 77.7 Å². The molecule has 0 aliphatic heterocycles. The van der Waals surface area contributed by atoms with E-state index in [0.29, 0.717) is 0 Å². The SMILES string of the molecule is CCCCCCCCCCNC(C)(C)CO. The largest absolute Gasteiger partial charge is 0.394 e. The van der Waals surface area contributed by atoms with Crippen molar-refractivity contribution in [2.24, 2.45) is 0 Å². The Balaban J connectivity index is 3.10. The van der Waals surface area contributed by atoms with Crippen LogP contribution in [0.2, 0.25) is 0 Å². The van der Waals surface area contributed by atoms with E-state index in [4.69, 9.17) is 5.11 Å².